The Morgan fingerprint density at radius 1 is 1.06 bits per heavy atom. The fourth-order valence-electron chi connectivity index (χ4n) is 3.22. The van der Waals surface area contributed by atoms with Gasteiger partial charge in [-0.15, -0.1) is 11.8 Å². The molecule has 0 atom stereocenters. The van der Waals surface area contributed by atoms with Gasteiger partial charge in [0.15, 0.2) is 0 Å². The molecule has 0 fully saturated rings. The van der Waals surface area contributed by atoms with Crippen molar-refractivity contribution in [3.63, 3.8) is 0 Å². The summed E-state index contributed by atoms with van der Waals surface area (Å²) < 4.78 is 7.78. The van der Waals surface area contributed by atoms with Gasteiger partial charge in [0.2, 0.25) is 0 Å². The van der Waals surface area contributed by atoms with Crippen molar-refractivity contribution in [3.8, 4) is 5.75 Å². The number of amides is 1. The van der Waals surface area contributed by atoms with E-state index in [9.17, 15) is 4.79 Å². The molecule has 1 amide bonds. The smallest absolute Gasteiger partial charge is 0.254 e. The van der Waals surface area contributed by atoms with E-state index in [-0.39, 0.29) is 5.91 Å². The summed E-state index contributed by atoms with van der Waals surface area (Å²) in [6.45, 7) is 3.00. The molecule has 0 spiro atoms. The molecule has 2 heterocycles. The molecular formula is C25H25N3O2S. The lowest BCUT2D eigenvalue weighted by Gasteiger charge is -2.19. The average molecular weight is 432 g/mol. The monoisotopic (exact) mass is 431 g/mol. The minimum absolute atomic E-state index is 0.00870. The Morgan fingerprint density at radius 2 is 1.84 bits per heavy atom. The lowest BCUT2D eigenvalue weighted by molar-refractivity contribution is 0.0770. The quantitative estimate of drug-likeness (QED) is 0.365. The maximum Gasteiger partial charge on any atom is 0.254 e. The third-order valence-electron chi connectivity index (χ3n) is 4.97. The molecule has 0 radical (unpaired) electrons. The van der Waals surface area contributed by atoms with Crippen LogP contribution in [0.5, 0.6) is 5.75 Å². The Morgan fingerprint density at radius 3 is 2.65 bits per heavy atom. The van der Waals surface area contributed by atoms with Crippen molar-refractivity contribution < 1.29 is 9.53 Å². The number of ether oxygens (including phenoxy) is 1. The molecule has 0 saturated heterocycles. The zero-order chi connectivity index (χ0) is 21.6. The Hall–Kier alpha value is -3.25. The first-order valence-corrected chi connectivity index (χ1v) is 11.2. The fourth-order valence-corrected chi connectivity index (χ4v) is 4.15. The normalized spacial score (nSPS) is 10.9. The zero-order valence-electron chi connectivity index (χ0n) is 17.7. The number of hydrogen-bond acceptors (Lipinski definition) is 4. The number of carbonyl (C=O) groups excluding carboxylic acids is 1. The van der Waals surface area contributed by atoms with Gasteiger partial charge in [-0.25, -0.2) is 4.98 Å². The van der Waals surface area contributed by atoms with Gasteiger partial charge in [-0.05, 0) is 43.3 Å². The Balaban J connectivity index is 1.37. The Kier molecular flexibility index (Phi) is 6.57. The minimum Gasteiger partial charge on any atom is -0.492 e. The van der Waals surface area contributed by atoms with E-state index < -0.39 is 0 Å². The van der Waals surface area contributed by atoms with E-state index in [2.05, 4.69) is 4.98 Å². The van der Waals surface area contributed by atoms with Gasteiger partial charge in [0.25, 0.3) is 5.91 Å². The number of aromatic nitrogens is 2. The summed E-state index contributed by atoms with van der Waals surface area (Å²) >= 11 is 1.63. The molecule has 6 heteroatoms. The molecule has 31 heavy (non-hydrogen) atoms. The van der Waals surface area contributed by atoms with Crippen LogP contribution in [0.1, 0.15) is 21.6 Å². The van der Waals surface area contributed by atoms with Crippen LogP contribution in [0, 0.1) is 6.92 Å². The molecule has 0 aliphatic rings. The van der Waals surface area contributed by atoms with Crippen LogP contribution < -0.4 is 4.74 Å². The van der Waals surface area contributed by atoms with Crippen LogP contribution >= 0.6 is 11.8 Å². The van der Waals surface area contributed by atoms with Crippen LogP contribution in [-0.4, -0.2) is 40.4 Å². The van der Waals surface area contributed by atoms with Crippen LogP contribution in [0.25, 0.3) is 5.65 Å². The molecule has 0 N–H and O–H groups in total. The van der Waals surface area contributed by atoms with E-state index in [0.717, 1.165) is 22.0 Å². The number of nitrogens with zero attached hydrogens (tertiary/aromatic N) is 3. The van der Waals surface area contributed by atoms with Crippen LogP contribution in [0.3, 0.4) is 0 Å². The molecule has 4 rings (SSSR count). The van der Waals surface area contributed by atoms with E-state index in [4.69, 9.17) is 4.74 Å². The van der Waals surface area contributed by atoms with Crippen molar-refractivity contribution in [2.75, 3.05) is 20.2 Å². The number of likely N-dealkylation sites (N-methyl/N-ethyl adjacent to an activating group) is 1. The molecule has 158 valence electrons. The number of pyridine rings is 1. The summed E-state index contributed by atoms with van der Waals surface area (Å²) in [5.74, 6) is 1.51. The number of carbonyl (C=O) groups is 1. The van der Waals surface area contributed by atoms with Gasteiger partial charge < -0.3 is 14.0 Å². The third kappa shape index (κ3) is 5.27. The summed E-state index contributed by atoms with van der Waals surface area (Å²) in [4.78, 5) is 20.3. The second kappa shape index (κ2) is 9.71. The first-order valence-electron chi connectivity index (χ1n) is 10.2. The van der Waals surface area contributed by atoms with Gasteiger partial charge in [-0.1, -0.05) is 35.9 Å². The molecular weight excluding hydrogens is 406 g/mol. The fraction of sp³-hybridized carbons (Fsp3) is 0.200. The van der Waals surface area contributed by atoms with Crippen molar-refractivity contribution in [2.45, 2.75) is 17.6 Å². The molecule has 5 nitrogen and oxygen atoms in total. The molecule has 0 unspecified atom stereocenters. The summed E-state index contributed by atoms with van der Waals surface area (Å²) in [5, 5.41) is 0. The maximum atomic E-state index is 13.0. The highest BCUT2D eigenvalue weighted by atomic mass is 32.2. The van der Waals surface area contributed by atoms with Crippen molar-refractivity contribution in [1.82, 2.24) is 14.3 Å². The highest BCUT2D eigenvalue weighted by Gasteiger charge is 2.16. The molecule has 4 aromatic rings. The van der Waals surface area contributed by atoms with Gasteiger partial charge in [-0.3, -0.25) is 4.79 Å². The number of thioether (sulfide) groups is 1. The van der Waals surface area contributed by atoms with E-state index in [1.807, 2.05) is 97.5 Å². The van der Waals surface area contributed by atoms with Crippen LogP contribution in [0.15, 0.2) is 84.0 Å². The van der Waals surface area contributed by atoms with Gasteiger partial charge in [-0.2, -0.15) is 0 Å². The number of benzene rings is 2. The highest BCUT2D eigenvalue weighted by Crippen LogP contribution is 2.27. The van der Waals surface area contributed by atoms with Gasteiger partial charge in [0, 0.05) is 30.1 Å². The molecule has 2 aromatic heterocycles. The SMILES string of the molecule is Cc1ccc(OCCN(C)C(=O)c2ccccc2SCc2cn3ccccc3n2)cc1. The number of aryl methyl sites for hydroxylation is 1. The Labute approximate surface area is 186 Å². The van der Waals surface area contributed by atoms with E-state index in [1.54, 1.807) is 16.7 Å². The molecule has 0 aliphatic heterocycles. The predicted molar refractivity (Wildman–Crippen MR) is 125 cm³/mol. The van der Waals surface area contributed by atoms with Crippen LogP contribution in [-0.2, 0) is 5.75 Å². The van der Waals surface area contributed by atoms with Crippen molar-refractivity contribution in [2.24, 2.45) is 0 Å². The second-order valence-electron chi connectivity index (χ2n) is 7.37. The molecule has 0 bridgehead atoms. The largest absolute Gasteiger partial charge is 0.492 e. The van der Waals surface area contributed by atoms with Gasteiger partial charge in [0.1, 0.15) is 18.0 Å². The van der Waals surface area contributed by atoms with Crippen molar-refractivity contribution >= 4 is 23.3 Å². The number of imidazole rings is 1. The summed E-state index contributed by atoms with van der Waals surface area (Å²) in [7, 11) is 1.81. The maximum absolute atomic E-state index is 13.0. The standard InChI is InChI=1S/C25H25N3O2S/c1-19-10-12-21(13-11-19)30-16-15-27(2)25(29)22-7-3-4-8-23(22)31-18-20-17-28-14-6-5-9-24(28)26-20/h3-14,17H,15-16,18H2,1-2H3. The summed E-state index contributed by atoms with van der Waals surface area (Å²) in [6, 6.07) is 21.6. The number of hydrogen-bond donors (Lipinski definition) is 0. The van der Waals surface area contributed by atoms with E-state index >= 15 is 0 Å². The first kappa shape index (κ1) is 21.0. The lowest BCUT2D eigenvalue weighted by atomic mass is 10.2. The molecule has 0 saturated carbocycles. The molecule has 2 aromatic carbocycles. The topological polar surface area (TPSA) is 46.8 Å². The number of rotatable bonds is 8. The van der Waals surface area contributed by atoms with E-state index in [0.29, 0.717) is 24.5 Å². The predicted octanol–water partition coefficient (Wildman–Crippen LogP) is 5.09. The zero-order valence-corrected chi connectivity index (χ0v) is 18.5. The minimum atomic E-state index is -0.00870. The summed E-state index contributed by atoms with van der Waals surface area (Å²) in [5.41, 5.74) is 3.81. The Bertz CT molecular complexity index is 1140. The number of fused-ring (bicyclic) bond motifs is 1. The van der Waals surface area contributed by atoms with Crippen LogP contribution in [0.2, 0.25) is 0 Å². The second-order valence-corrected chi connectivity index (χ2v) is 8.39. The first-order chi connectivity index (χ1) is 15.1. The average Bonchev–Trinajstić information content (AvgIpc) is 3.22. The molecule has 0 aliphatic carbocycles. The van der Waals surface area contributed by atoms with Crippen LogP contribution in [0.4, 0.5) is 0 Å². The van der Waals surface area contributed by atoms with Crippen molar-refractivity contribution in [1.29, 1.82) is 0 Å². The summed E-state index contributed by atoms with van der Waals surface area (Å²) in [6.07, 6.45) is 4.02. The van der Waals surface area contributed by atoms with Gasteiger partial charge in [0.05, 0.1) is 17.8 Å². The lowest BCUT2D eigenvalue weighted by Crippen LogP contribution is -2.31. The highest BCUT2D eigenvalue weighted by molar-refractivity contribution is 7.98. The van der Waals surface area contributed by atoms with E-state index in [1.165, 1.54) is 5.56 Å². The third-order valence-corrected chi connectivity index (χ3v) is 6.08. The van der Waals surface area contributed by atoms with Gasteiger partial charge >= 0.3 is 0 Å². The van der Waals surface area contributed by atoms with Crippen molar-refractivity contribution in [3.05, 3.63) is 95.9 Å².